The van der Waals surface area contributed by atoms with Gasteiger partial charge in [0.1, 0.15) is 5.82 Å². The van der Waals surface area contributed by atoms with Crippen molar-refractivity contribution in [1.82, 2.24) is 5.32 Å². The number of amides is 2. The number of carbonyl (C=O) groups excluding carboxylic acids is 2. The van der Waals surface area contributed by atoms with E-state index in [1.54, 1.807) is 0 Å². The fraction of sp³-hybridized carbons (Fsp3) is 0.167. The molecule has 0 spiro atoms. The van der Waals surface area contributed by atoms with Crippen molar-refractivity contribution in [2.45, 2.75) is 18.0 Å². The second-order valence-corrected chi connectivity index (χ2v) is 10.0. The van der Waals surface area contributed by atoms with Crippen LogP contribution in [0.1, 0.15) is 26.3 Å². The third-order valence-electron chi connectivity index (χ3n) is 5.39. The smallest absolute Gasteiger partial charge is 0.355 e. The summed E-state index contributed by atoms with van der Waals surface area (Å²) in [6, 6.07) is 10.3. The number of carbonyl (C=O) groups is 2. The van der Waals surface area contributed by atoms with Crippen LogP contribution in [0.2, 0.25) is 0 Å². The molecule has 38 heavy (non-hydrogen) atoms. The average molecular weight is 768 g/mol. The summed E-state index contributed by atoms with van der Waals surface area (Å²) in [5.74, 6) is -2.51. The molecular formula is C24H14F8I2N2O2. The lowest BCUT2D eigenvalue weighted by atomic mass is 9.94. The zero-order valence-corrected chi connectivity index (χ0v) is 23.1. The van der Waals surface area contributed by atoms with Crippen LogP contribution in [0.5, 0.6) is 0 Å². The van der Waals surface area contributed by atoms with Crippen molar-refractivity contribution in [3.63, 3.8) is 0 Å². The molecule has 0 fully saturated rings. The van der Waals surface area contributed by atoms with Crippen molar-refractivity contribution in [2.75, 3.05) is 12.4 Å². The molecule has 0 saturated heterocycles. The Balaban J connectivity index is 2.06. The van der Waals surface area contributed by atoms with Gasteiger partial charge in [-0.05, 0) is 75.0 Å². The summed E-state index contributed by atoms with van der Waals surface area (Å²) in [6.45, 7) is 0. The summed E-state index contributed by atoms with van der Waals surface area (Å²) in [5, 5.41) is 4.68. The molecule has 0 bridgehead atoms. The van der Waals surface area contributed by atoms with Crippen LogP contribution in [0.25, 0.3) is 11.1 Å². The molecule has 0 atom stereocenters. The van der Waals surface area contributed by atoms with Crippen LogP contribution < -0.4 is 10.6 Å². The van der Waals surface area contributed by atoms with Crippen molar-refractivity contribution in [2.24, 2.45) is 0 Å². The highest BCUT2D eigenvalue weighted by Gasteiger charge is 2.73. The summed E-state index contributed by atoms with van der Waals surface area (Å²) < 4.78 is 108. The van der Waals surface area contributed by atoms with Crippen LogP contribution in [-0.2, 0) is 5.67 Å². The molecular weight excluding hydrogens is 754 g/mol. The molecule has 3 aromatic rings. The zero-order valence-electron chi connectivity index (χ0n) is 18.8. The molecule has 202 valence electrons. The molecule has 0 aliphatic heterocycles. The molecule has 0 heterocycles. The Morgan fingerprint density at radius 2 is 1.24 bits per heavy atom. The SMILES string of the molecule is CNC(=O)c1cccc(-c2ccccc2C(=O)Nc2c(I)cc(C(F)(C(F)(F)F)C(F)(F)F)cc2I)c1F. The van der Waals surface area contributed by atoms with Gasteiger partial charge in [-0.25, -0.2) is 8.78 Å². The third kappa shape index (κ3) is 5.46. The Kier molecular flexibility index (Phi) is 8.65. The Hall–Kier alpha value is -2.50. The quantitative estimate of drug-likeness (QED) is 0.208. The van der Waals surface area contributed by atoms with Gasteiger partial charge in [0, 0.05) is 30.9 Å². The first-order valence-corrected chi connectivity index (χ1v) is 12.4. The lowest BCUT2D eigenvalue weighted by Gasteiger charge is -2.31. The number of nitrogens with one attached hydrogen (secondary N) is 2. The largest absolute Gasteiger partial charge is 0.435 e. The summed E-state index contributed by atoms with van der Waals surface area (Å²) in [5.41, 5.74) is -7.95. The Bertz CT molecular complexity index is 1370. The Labute approximate surface area is 237 Å². The highest BCUT2D eigenvalue weighted by Crippen LogP contribution is 2.54. The van der Waals surface area contributed by atoms with E-state index in [1.807, 2.05) is 0 Å². The van der Waals surface area contributed by atoms with Gasteiger partial charge in [-0.3, -0.25) is 9.59 Å². The maximum absolute atomic E-state index is 15.1. The minimum Gasteiger partial charge on any atom is -0.355 e. The maximum Gasteiger partial charge on any atom is 0.435 e. The Morgan fingerprint density at radius 1 is 0.737 bits per heavy atom. The van der Waals surface area contributed by atoms with Gasteiger partial charge in [0.25, 0.3) is 11.8 Å². The lowest BCUT2D eigenvalue weighted by Crippen LogP contribution is -2.50. The van der Waals surface area contributed by atoms with Crippen molar-refractivity contribution < 1.29 is 44.7 Å². The van der Waals surface area contributed by atoms with E-state index in [9.17, 15) is 40.3 Å². The fourth-order valence-corrected chi connectivity index (χ4v) is 5.56. The van der Waals surface area contributed by atoms with Crippen molar-refractivity contribution in [3.05, 3.63) is 84.2 Å². The summed E-state index contributed by atoms with van der Waals surface area (Å²) in [7, 11) is 1.31. The number of anilines is 1. The monoisotopic (exact) mass is 768 g/mol. The number of halogens is 10. The van der Waals surface area contributed by atoms with Crippen molar-refractivity contribution >= 4 is 62.7 Å². The number of benzene rings is 3. The van der Waals surface area contributed by atoms with Crippen LogP contribution in [-0.4, -0.2) is 31.2 Å². The van der Waals surface area contributed by atoms with Gasteiger partial charge < -0.3 is 10.6 Å². The van der Waals surface area contributed by atoms with Gasteiger partial charge in [-0.2, -0.15) is 26.3 Å². The van der Waals surface area contributed by atoms with Gasteiger partial charge in [-0.1, -0.05) is 30.3 Å². The molecule has 0 unspecified atom stereocenters. The zero-order chi connectivity index (χ0) is 28.6. The number of alkyl halides is 7. The molecule has 0 radical (unpaired) electrons. The summed E-state index contributed by atoms with van der Waals surface area (Å²) >= 11 is 2.75. The predicted octanol–water partition coefficient (Wildman–Crippen LogP) is 7.60. The maximum atomic E-state index is 15.1. The molecule has 2 amide bonds. The van der Waals surface area contributed by atoms with E-state index in [0.29, 0.717) is 12.1 Å². The predicted molar refractivity (Wildman–Crippen MR) is 140 cm³/mol. The molecule has 3 aromatic carbocycles. The normalized spacial score (nSPS) is 12.3. The molecule has 2 N–H and O–H groups in total. The average Bonchev–Trinajstić information content (AvgIpc) is 2.83. The van der Waals surface area contributed by atoms with Crippen LogP contribution in [0, 0.1) is 13.0 Å². The van der Waals surface area contributed by atoms with Crippen LogP contribution in [0.3, 0.4) is 0 Å². The number of rotatable bonds is 5. The van der Waals surface area contributed by atoms with E-state index in [1.165, 1.54) is 94.7 Å². The fourth-order valence-electron chi connectivity index (χ4n) is 3.53. The lowest BCUT2D eigenvalue weighted by molar-refractivity contribution is -0.348. The number of hydrogen-bond donors (Lipinski definition) is 2. The van der Waals surface area contributed by atoms with Gasteiger partial charge in [0.2, 0.25) is 0 Å². The molecule has 14 heteroatoms. The number of hydrogen-bond acceptors (Lipinski definition) is 2. The highest BCUT2D eigenvalue weighted by molar-refractivity contribution is 14.1. The third-order valence-corrected chi connectivity index (χ3v) is 7.09. The topological polar surface area (TPSA) is 58.2 Å². The van der Waals surface area contributed by atoms with E-state index in [-0.39, 0.29) is 35.1 Å². The van der Waals surface area contributed by atoms with Gasteiger partial charge >= 0.3 is 18.0 Å². The first-order chi connectivity index (χ1) is 17.5. The van der Waals surface area contributed by atoms with Gasteiger partial charge in [-0.15, -0.1) is 0 Å². The van der Waals surface area contributed by atoms with E-state index < -0.39 is 41.2 Å². The summed E-state index contributed by atoms with van der Waals surface area (Å²) in [6.07, 6.45) is -12.6. The van der Waals surface area contributed by atoms with E-state index in [2.05, 4.69) is 10.6 Å². The second kappa shape index (κ2) is 10.9. The van der Waals surface area contributed by atoms with E-state index in [4.69, 9.17) is 0 Å². The Morgan fingerprint density at radius 3 is 1.76 bits per heavy atom. The second-order valence-electron chi connectivity index (χ2n) is 7.71. The molecule has 4 nitrogen and oxygen atoms in total. The van der Waals surface area contributed by atoms with Gasteiger partial charge in [0.15, 0.2) is 0 Å². The van der Waals surface area contributed by atoms with Crippen molar-refractivity contribution in [1.29, 1.82) is 0 Å². The van der Waals surface area contributed by atoms with Crippen molar-refractivity contribution in [3.8, 4) is 11.1 Å². The first-order valence-electron chi connectivity index (χ1n) is 10.3. The molecule has 0 saturated carbocycles. The minimum absolute atomic E-state index is 0.0619. The highest BCUT2D eigenvalue weighted by atomic mass is 127. The van der Waals surface area contributed by atoms with Crippen LogP contribution >= 0.6 is 45.2 Å². The van der Waals surface area contributed by atoms with Gasteiger partial charge in [0.05, 0.1) is 11.3 Å². The molecule has 0 aromatic heterocycles. The van der Waals surface area contributed by atoms with E-state index >= 15 is 4.39 Å². The molecule has 3 rings (SSSR count). The van der Waals surface area contributed by atoms with Crippen LogP contribution in [0.4, 0.5) is 40.8 Å². The molecule has 0 aliphatic carbocycles. The standard InChI is InChI=1S/C24H14F8I2N2O2/c1-35-20(37)15-8-4-7-13(18(15)25)12-5-2-3-6-14(12)21(38)36-19-16(33)9-11(10-17(19)34)22(26,23(27,28)29)24(30,31)32/h2-10H,1H3,(H,35,37)(H,36,38). The van der Waals surface area contributed by atoms with Crippen LogP contribution in [0.15, 0.2) is 54.6 Å². The first kappa shape index (κ1) is 30.0. The molecule has 0 aliphatic rings. The minimum atomic E-state index is -6.30. The summed E-state index contributed by atoms with van der Waals surface area (Å²) in [4.78, 5) is 25.1. The van der Waals surface area contributed by atoms with E-state index in [0.717, 1.165) is 0 Å².